The lowest BCUT2D eigenvalue weighted by atomic mass is 9.92. The van der Waals surface area contributed by atoms with Crippen molar-refractivity contribution in [3.8, 4) is 5.75 Å². The smallest absolute Gasteiger partial charge is 0.414 e. The number of hydrogen-bond donors (Lipinski definition) is 2. The van der Waals surface area contributed by atoms with Crippen LogP contribution in [0.3, 0.4) is 0 Å². The van der Waals surface area contributed by atoms with E-state index in [-0.39, 0.29) is 5.69 Å². The summed E-state index contributed by atoms with van der Waals surface area (Å²) in [6.45, 7) is 8.64. The van der Waals surface area contributed by atoms with E-state index in [9.17, 15) is 10.1 Å². The second kappa shape index (κ2) is 11.9. The Morgan fingerprint density at radius 3 is 2.25 bits per heavy atom. The van der Waals surface area contributed by atoms with Gasteiger partial charge in [-0.25, -0.2) is 9.59 Å². The van der Waals surface area contributed by atoms with Crippen LogP contribution in [-0.2, 0) is 9.59 Å². The quantitative estimate of drug-likeness (QED) is 0.311. The summed E-state index contributed by atoms with van der Waals surface area (Å²) in [5.74, 6) is -1.71. The third-order valence-corrected chi connectivity index (χ3v) is 4.32. The van der Waals surface area contributed by atoms with Gasteiger partial charge >= 0.3 is 17.6 Å². The molecule has 0 saturated carbocycles. The van der Waals surface area contributed by atoms with Crippen LogP contribution in [-0.4, -0.2) is 58.2 Å². The van der Waals surface area contributed by atoms with Crippen LogP contribution in [0.2, 0.25) is 0 Å². The second-order valence-electron chi connectivity index (χ2n) is 7.10. The molecule has 2 rings (SSSR count). The van der Waals surface area contributed by atoms with Gasteiger partial charge in [0.05, 0.1) is 11.5 Å². The zero-order valence-electron chi connectivity index (χ0n) is 16.2. The summed E-state index contributed by atoms with van der Waals surface area (Å²) in [5.41, 5.74) is 0.0428. The molecule has 0 radical (unpaired) electrons. The monoisotopic (exact) mass is 396 g/mol. The summed E-state index contributed by atoms with van der Waals surface area (Å²) in [7, 11) is 0. The lowest BCUT2D eigenvalue weighted by Crippen LogP contribution is -2.39. The number of nitrogens with zero attached hydrogens (tertiary/aromatic N) is 2. The molecule has 28 heavy (non-hydrogen) atoms. The number of rotatable bonds is 7. The zero-order chi connectivity index (χ0) is 21.1. The molecule has 1 saturated heterocycles. The fourth-order valence-electron chi connectivity index (χ4n) is 3.32. The minimum absolute atomic E-state index is 0.0428. The van der Waals surface area contributed by atoms with Crippen molar-refractivity contribution < 1.29 is 29.5 Å². The van der Waals surface area contributed by atoms with Crippen LogP contribution in [0, 0.1) is 22.0 Å². The molecule has 156 valence electrons. The number of carboxylic acid groups (broad SMARTS) is 2. The first-order valence-corrected chi connectivity index (χ1v) is 9.25. The van der Waals surface area contributed by atoms with E-state index in [2.05, 4.69) is 18.7 Å². The molecule has 2 atom stereocenters. The molecule has 2 N–H and O–H groups in total. The van der Waals surface area contributed by atoms with Crippen molar-refractivity contribution in [2.75, 3.05) is 26.2 Å². The first kappa shape index (κ1) is 23.4. The van der Waals surface area contributed by atoms with E-state index in [0.717, 1.165) is 31.2 Å². The minimum Gasteiger partial charge on any atom is -0.487 e. The van der Waals surface area contributed by atoms with Crippen LogP contribution in [0.5, 0.6) is 5.75 Å². The van der Waals surface area contributed by atoms with E-state index < -0.39 is 16.9 Å². The highest BCUT2D eigenvalue weighted by Gasteiger charge is 2.21. The van der Waals surface area contributed by atoms with Gasteiger partial charge in [-0.2, -0.15) is 0 Å². The minimum atomic E-state index is -1.82. The molecule has 1 heterocycles. The molecule has 0 aromatic heterocycles. The third kappa shape index (κ3) is 8.81. The molecule has 0 amide bonds. The predicted molar refractivity (Wildman–Crippen MR) is 102 cm³/mol. The van der Waals surface area contributed by atoms with Crippen molar-refractivity contribution in [2.24, 2.45) is 11.8 Å². The molecule has 0 spiro atoms. The Morgan fingerprint density at radius 1 is 1.14 bits per heavy atom. The van der Waals surface area contributed by atoms with Gasteiger partial charge in [-0.15, -0.1) is 0 Å². The molecule has 2 unspecified atom stereocenters. The molecule has 1 fully saturated rings. The summed E-state index contributed by atoms with van der Waals surface area (Å²) in [6.07, 6.45) is 3.32. The van der Waals surface area contributed by atoms with Gasteiger partial charge in [-0.1, -0.05) is 26.0 Å². The van der Waals surface area contributed by atoms with Gasteiger partial charge in [0.25, 0.3) is 0 Å². The fraction of sp³-hybridized carbons (Fsp3) is 0.579. The summed E-state index contributed by atoms with van der Waals surface area (Å²) in [4.78, 5) is 31.2. The normalized spacial score (nSPS) is 19.2. The maximum absolute atomic E-state index is 10.9. The van der Waals surface area contributed by atoms with Gasteiger partial charge in [-0.3, -0.25) is 10.1 Å². The number of piperidine rings is 1. The summed E-state index contributed by atoms with van der Waals surface area (Å²) >= 11 is 0. The Morgan fingerprint density at radius 2 is 1.71 bits per heavy atom. The number of unbranched alkanes of at least 4 members (excludes halogenated alkanes) is 1. The topological polar surface area (TPSA) is 130 Å². The summed E-state index contributed by atoms with van der Waals surface area (Å²) in [6, 6.07) is 6.56. The number of carbonyl (C=O) groups is 2. The van der Waals surface area contributed by atoms with E-state index in [4.69, 9.17) is 24.5 Å². The standard InChI is InChI=1S/C17H26N2O3.C2H2O4/c1-14-11-15(2)13-18(12-14)9-5-6-10-22-17-8-4-3-7-16(17)19(20)21;3-1(4)2(5)6/h3-4,7-8,14-15H,5-6,9-13H2,1-2H3;(H,3,4)(H,5,6). The van der Waals surface area contributed by atoms with Crippen molar-refractivity contribution in [3.63, 3.8) is 0 Å². The highest BCUT2D eigenvalue weighted by atomic mass is 16.6. The largest absolute Gasteiger partial charge is 0.487 e. The van der Waals surface area contributed by atoms with Crippen LogP contribution < -0.4 is 4.74 Å². The number of carboxylic acids is 2. The molecule has 0 bridgehead atoms. The van der Waals surface area contributed by atoms with Crippen LogP contribution in [0.4, 0.5) is 5.69 Å². The molecule has 9 nitrogen and oxygen atoms in total. The summed E-state index contributed by atoms with van der Waals surface area (Å²) < 4.78 is 5.57. The fourth-order valence-corrected chi connectivity index (χ4v) is 3.32. The van der Waals surface area contributed by atoms with Gasteiger partial charge in [0.15, 0.2) is 5.75 Å². The van der Waals surface area contributed by atoms with E-state index >= 15 is 0 Å². The first-order valence-electron chi connectivity index (χ1n) is 9.25. The Kier molecular flexibility index (Phi) is 9.94. The first-order chi connectivity index (χ1) is 13.2. The Bertz CT molecular complexity index is 643. The molecule has 1 aliphatic rings. The van der Waals surface area contributed by atoms with Gasteiger partial charge in [0.1, 0.15) is 0 Å². The number of ether oxygens (including phenoxy) is 1. The predicted octanol–water partition coefficient (Wildman–Crippen LogP) is 2.89. The number of benzene rings is 1. The highest BCUT2D eigenvalue weighted by molar-refractivity contribution is 6.27. The van der Waals surface area contributed by atoms with Crippen molar-refractivity contribution in [2.45, 2.75) is 33.1 Å². The average Bonchev–Trinajstić information content (AvgIpc) is 2.61. The van der Waals surface area contributed by atoms with Crippen molar-refractivity contribution >= 4 is 17.6 Å². The molecule has 1 aromatic carbocycles. The number of nitro groups is 1. The van der Waals surface area contributed by atoms with Crippen LogP contribution in [0.25, 0.3) is 0 Å². The average molecular weight is 396 g/mol. The van der Waals surface area contributed by atoms with Crippen LogP contribution in [0.15, 0.2) is 24.3 Å². The van der Waals surface area contributed by atoms with Crippen LogP contribution in [0.1, 0.15) is 33.1 Å². The molecule has 1 aliphatic heterocycles. The maximum Gasteiger partial charge on any atom is 0.414 e. The van der Waals surface area contributed by atoms with E-state index in [1.807, 2.05) is 0 Å². The highest BCUT2D eigenvalue weighted by Crippen LogP contribution is 2.26. The van der Waals surface area contributed by atoms with Gasteiger partial charge in [0, 0.05) is 19.2 Å². The van der Waals surface area contributed by atoms with Gasteiger partial charge < -0.3 is 19.8 Å². The Balaban J connectivity index is 0.000000568. The lowest BCUT2D eigenvalue weighted by molar-refractivity contribution is -0.385. The summed E-state index contributed by atoms with van der Waals surface area (Å²) in [5, 5.41) is 25.7. The number of para-hydroxylation sites is 2. The van der Waals surface area contributed by atoms with E-state index in [0.29, 0.717) is 12.4 Å². The molecule has 1 aromatic rings. The zero-order valence-corrected chi connectivity index (χ0v) is 16.2. The SMILES string of the molecule is CC1CC(C)CN(CCCCOc2ccccc2[N+](=O)[O-])C1.O=C(O)C(=O)O. The lowest BCUT2D eigenvalue weighted by Gasteiger charge is -2.34. The molecular formula is C19H28N2O7. The maximum atomic E-state index is 10.9. The molecular weight excluding hydrogens is 368 g/mol. The van der Waals surface area contributed by atoms with Crippen molar-refractivity contribution in [1.29, 1.82) is 0 Å². The Hall–Kier alpha value is -2.68. The molecule has 0 aliphatic carbocycles. The third-order valence-electron chi connectivity index (χ3n) is 4.32. The van der Waals surface area contributed by atoms with Gasteiger partial charge in [-0.05, 0) is 43.7 Å². The molecule has 9 heteroatoms. The number of hydrogen-bond acceptors (Lipinski definition) is 6. The van der Waals surface area contributed by atoms with Crippen LogP contribution >= 0.6 is 0 Å². The van der Waals surface area contributed by atoms with Crippen molar-refractivity contribution in [1.82, 2.24) is 4.90 Å². The second-order valence-corrected chi connectivity index (χ2v) is 7.10. The number of likely N-dealkylation sites (tertiary alicyclic amines) is 1. The van der Waals surface area contributed by atoms with Crippen molar-refractivity contribution in [3.05, 3.63) is 34.4 Å². The van der Waals surface area contributed by atoms with E-state index in [1.54, 1.807) is 18.2 Å². The Labute approximate surface area is 164 Å². The van der Waals surface area contributed by atoms with Gasteiger partial charge in [0.2, 0.25) is 0 Å². The van der Waals surface area contributed by atoms with E-state index in [1.165, 1.54) is 25.6 Å². The number of nitro benzene ring substituents is 1. The number of aliphatic carboxylic acids is 2.